The summed E-state index contributed by atoms with van der Waals surface area (Å²) in [5, 5.41) is 9.99. The van der Waals surface area contributed by atoms with Crippen molar-refractivity contribution in [3.8, 4) is 0 Å². The molecule has 0 saturated heterocycles. The van der Waals surface area contributed by atoms with E-state index in [9.17, 15) is 5.11 Å². The SMILES string of the molecule is CCCC([O])S. The van der Waals surface area contributed by atoms with Gasteiger partial charge in [0.05, 0.1) is 0 Å². The molecule has 0 aromatic heterocycles. The van der Waals surface area contributed by atoms with E-state index >= 15 is 0 Å². The van der Waals surface area contributed by atoms with Crippen LogP contribution in [0.15, 0.2) is 0 Å². The maximum atomic E-state index is 9.99. The van der Waals surface area contributed by atoms with Gasteiger partial charge in [0.15, 0.2) is 0 Å². The highest BCUT2D eigenvalue weighted by atomic mass is 32.1. The Bertz CT molecular complexity index is 28.7. The minimum Gasteiger partial charge on any atom is -0.222 e. The zero-order valence-electron chi connectivity index (χ0n) is 3.85. The molecular weight excluding hydrogens is 96.1 g/mol. The first-order valence-electron chi connectivity index (χ1n) is 2.11. The third-order valence-electron chi connectivity index (χ3n) is 0.536. The summed E-state index contributed by atoms with van der Waals surface area (Å²) in [6, 6.07) is 0. The average molecular weight is 105 g/mol. The Kier molecular flexibility index (Phi) is 3.68. The van der Waals surface area contributed by atoms with Gasteiger partial charge < -0.3 is 0 Å². The summed E-state index contributed by atoms with van der Waals surface area (Å²) >= 11 is 3.62. The van der Waals surface area contributed by atoms with Crippen LogP contribution in [0.3, 0.4) is 0 Å². The van der Waals surface area contributed by atoms with E-state index in [0.717, 1.165) is 6.42 Å². The summed E-state index contributed by atoms with van der Waals surface area (Å²) in [4.78, 5) is 0. The average Bonchev–Trinajstić information content (AvgIpc) is 1.35. The van der Waals surface area contributed by atoms with Gasteiger partial charge in [0.2, 0.25) is 0 Å². The fraction of sp³-hybridized carbons (Fsp3) is 1.00. The number of rotatable bonds is 2. The fourth-order valence-corrected chi connectivity index (χ4v) is 0.505. The van der Waals surface area contributed by atoms with Crippen molar-refractivity contribution in [2.45, 2.75) is 25.2 Å². The standard InChI is InChI=1S/C4H9OS/c1-2-3-4(5)6/h4,6H,2-3H2,1H3. The first kappa shape index (κ1) is 6.31. The molecule has 1 radical (unpaired) electrons. The van der Waals surface area contributed by atoms with Crippen molar-refractivity contribution >= 4 is 12.6 Å². The number of hydrogen-bond acceptors (Lipinski definition) is 1. The van der Waals surface area contributed by atoms with E-state index < -0.39 is 5.44 Å². The van der Waals surface area contributed by atoms with Crippen LogP contribution in [0.2, 0.25) is 0 Å². The lowest BCUT2D eigenvalue weighted by molar-refractivity contribution is 0.158. The van der Waals surface area contributed by atoms with E-state index in [1.165, 1.54) is 0 Å². The van der Waals surface area contributed by atoms with Gasteiger partial charge in [-0.15, -0.1) is 12.6 Å². The molecule has 0 spiro atoms. The second kappa shape index (κ2) is 3.50. The Labute approximate surface area is 43.8 Å². The van der Waals surface area contributed by atoms with Crippen molar-refractivity contribution in [1.29, 1.82) is 0 Å². The lowest BCUT2D eigenvalue weighted by Gasteiger charge is -1.91. The van der Waals surface area contributed by atoms with E-state index in [1.54, 1.807) is 0 Å². The summed E-state index contributed by atoms with van der Waals surface area (Å²) < 4.78 is 0. The first-order chi connectivity index (χ1) is 2.77. The van der Waals surface area contributed by atoms with Crippen LogP contribution >= 0.6 is 12.6 Å². The van der Waals surface area contributed by atoms with Gasteiger partial charge in [-0.1, -0.05) is 13.3 Å². The van der Waals surface area contributed by atoms with Crippen molar-refractivity contribution in [3.63, 3.8) is 0 Å². The zero-order valence-corrected chi connectivity index (χ0v) is 4.74. The molecule has 0 N–H and O–H groups in total. The van der Waals surface area contributed by atoms with Gasteiger partial charge in [-0.25, -0.2) is 5.11 Å². The Balaban J connectivity index is 2.63. The highest BCUT2D eigenvalue weighted by molar-refractivity contribution is 7.80. The molecule has 6 heavy (non-hydrogen) atoms. The normalized spacial score (nSPS) is 14.5. The van der Waals surface area contributed by atoms with E-state index in [1.807, 2.05) is 6.92 Å². The molecule has 0 rings (SSSR count). The van der Waals surface area contributed by atoms with E-state index in [0.29, 0.717) is 6.42 Å². The molecule has 1 unspecified atom stereocenters. The van der Waals surface area contributed by atoms with Crippen LogP contribution in [0.4, 0.5) is 0 Å². The van der Waals surface area contributed by atoms with Crippen LogP contribution in [-0.2, 0) is 5.11 Å². The van der Waals surface area contributed by atoms with Gasteiger partial charge in [-0.3, -0.25) is 0 Å². The third-order valence-corrected chi connectivity index (χ3v) is 0.794. The lowest BCUT2D eigenvalue weighted by atomic mass is 10.4. The van der Waals surface area contributed by atoms with Gasteiger partial charge in [0.25, 0.3) is 0 Å². The van der Waals surface area contributed by atoms with E-state index in [4.69, 9.17) is 0 Å². The minimum absolute atomic E-state index is 0.657. The number of hydrogen-bond donors (Lipinski definition) is 1. The van der Waals surface area contributed by atoms with Gasteiger partial charge in [0.1, 0.15) is 5.44 Å². The van der Waals surface area contributed by atoms with Crippen molar-refractivity contribution in [3.05, 3.63) is 0 Å². The Morgan fingerprint density at radius 2 is 2.33 bits per heavy atom. The largest absolute Gasteiger partial charge is 0.222 e. The molecule has 37 valence electrons. The summed E-state index contributed by atoms with van der Waals surface area (Å²) in [6.07, 6.45) is 1.63. The first-order valence-corrected chi connectivity index (χ1v) is 2.63. The van der Waals surface area contributed by atoms with Crippen molar-refractivity contribution in [2.75, 3.05) is 0 Å². The van der Waals surface area contributed by atoms with Crippen LogP contribution in [0.25, 0.3) is 0 Å². The smallest absolute Gasteiger partial charge is 0.136 e. The predicted octanol–water partition coefficient (Wildman–Crippen LogP) is 1.47. The second-order valence-corrected chi connectivity index (χ2v) is 1.82. The van der Waals surface area contributed by atoms with Crippen LogP contribution in [0.5, 0.6) is 0 Å². The second-order valence-electron chi connectivity index (χ2n) is 1.24. The maximum Gasteiger partial charge on any atom is 0.136 e. The molecule has 0 aliphatic heterocycles. The van der Waals surface area contributed by atoms with Crippen LogP contribution in [0, 0.1) is 0 Å². The van der Waals surface area contributed by atoms with Crippen molar-refractivity contribution in [2.24, 2.45) is 0 Å². The third kappa shape index (κ3) is 4.31. The van der Waals surface area contributed by atoms with E-state index in [2.05, 4.69) is 12.6 Å². The van der Waals surface area contributed by atoms with Gasteiger partial charge in [-0.2, -0.15) is 0 Å². The zero-order chi connectivity index (χ0) is 4.99. The molecular formula is C4H9OS. The molecule has 0 aliphatic rings. The van der Waals surface area contributed by atoms with Gasteiger partial charge in [0, 0.05) is 0 Å². The van der Waals surface area contributed by atoms with Gasteiger partial charge >= 0.3 is 0 Å². The molecule has 0 heterocycles. The quantitative estimate of drug-likeness (QED) is 0.405. The molecule has 0 aliphatic carbocycles. The van der Waals surface area contributed by atoms with Crippen LogP contribution in [0.1, 0.15) is 19.8 Å². The molecule has 0 saturated carbocycles. The number of thiol groups is 1. The summed E-state index contributed by atoms with van der Waals surface area (Å²) in [5.41, 5.74) is -0.657. The highest BCUT2D eigenvalue weighted by Crippen LogP contribution is 1.98. The Morgan fingerprint density at radius 3 is 2.33 bits per heavy atom. The lowest BCUT2D eigenvalue weighted by Crippen LogP contribution is -1.89. The topological polar surface area (TPSA) is 19.9 Å². The molecule has 2 heteroatoms. The Hall–Kier alpha value is 0.310. The van der Waals surface area contributed by atoms with Crippen molar-refractivity contribution in [1.82, 2.24) is 0 Å². The predicted molar refractivity (Wildman–Crippen MR) is 28.4 cm³/mol. The molecule has 0 aromatic carbocycles. The minimum atomic E-state index is -0.657. The summed E-state index contributed by atoms with van der Waals surface area (Å²) in [7, 11) is 0. The van der Waals surface area contributed by atoms with Gasteiger partial charge in [-0.05, 0) is 6.42 Å². The molecule has 0 aromatic rings. The molecule has 1 nitrogen and oxygen atoms in total. The van der Waals surface area contributed by atoms with E-state index in [-0.39, 0.29) is 0 Å². The highest BCUT2D eigenvalue weighted by Gasteiger charge is 1.91. The molecule has 0 fully saturated rings. The van der Waals surface area contributed by atoms with Crippen LogP contribution < -0.4 is 0 Å². The fourth-order valence-electron chi connectivity index (χ4n) is 0.247. The molecule has 0 bridgehead atoms. The molecule has 1 atom stereocenters. The van der Waals surface area contributed by atoms with Crippen molar-refractivity contribution < 1.29 is 5.11 Å². The monoisotopic (exact) mass is 105 g/mol. The summed E-state index contributed by atoms with van der Waals surface area (Å²) in [5.74, 6) is 0. The van der Waals surface area contributed by atoms with Crippen LogP contribution in [-0.4, -0.2) is 5.44 Å². The maximum absolute atomic E-state index is 9.99. The molecule has 0 amide bonds. The summed E-state index contributed by atoms with van der Waals surface area (Å²) in [6.45, 7) is 1.97. The Morgan fingerprint density at radius 1 is 1.83 bits per heavy atom.